The first-order valence-corrected chi connectivity index (χ1v) is 13.7. The Kier molecular flexibility index (Phi) is 6.40. The van der Waals surface area contributed by atoms with Crippen LogP contribution >= 0.6 is 11.8 Å². The number of allylic oxidation sites excluding steroid dienone is 4. The van der Waals surface area contributed by atoms with Gasteiger partial charge in [0.1, 0.15) is 6.54 Å². The standard InChI is InChI=1S/C32H37N2S/c1-7-33-14-13-26(27-16-22(3)15-23(4)31(27)33)18-24-17-25(21-32(5,6)20-24)19-30-34(8-2)28-11-9-10-12-29(28)35-30/h9-19H,7-8,20-21H2,1-6H3/q+1. The lowest BCUT2D eigenvalue weighted by Crippen LogP contribution is -2.33. The highest BCUT2D eigenvalue weighted by Crippen LogP contribution is 2.47. The Labute approximate surface area is 215 Å². The summed E-state index contributed by atoms with van der Waals surface area (Å²) in [7, 11) is 0. The number of thioether (sulfide) groups is 1. The molecule has 1 aromatic heterocycles. The molecule has 0 radical (unpaired) electrons. The molecule has 0 fully saturated rings. The van der Waals surface area contributed by atoms with Gasteiger partial charge in [-0.05, 0) is 98.6 Å². The predicted molar refractivity (Wildman–Crippen MR) is 152 cm³/mol. The second-order valence-electron chi connectivity index (χ2n) is 10.8. The molecule has 0 saturated heterocycles. The first-order valence-electron chi connectivity index (χ1n) is 12.9. The van der Waals surface area contributed by atoms with Gasteiger partial charge in [-0.25, -0.2) is 0 Å². The molecule has 2 aromatic carbocycles. The average Bonchev–Trinajstić information content (AvgIpc) is 3.15. The van der Waals surface area contributed by atoms with E-state index in [0.717, 1.165) is 25.9 Å². The molecule has 0 bridgehead atoms. The summed E-state index contributed by atoms with van der Waals surface area (Å²) in [6.07, 6.45) is 11.8. The van der Waals surface area contributed by atoms with E-state index in [9.17, 15) is 0 Å². The molecule has 0 N–H and O–H groups in total. The number of aryl methyl sites for hydroxylation is 3. The molecule has 35 heavy (non-hydrogen) atoms. The minimum atomic E-state index is 0.236. The number of nitrogens with zero attached hydrogens (tertiary/aromatic N) is 2. The van der Waals surface area contributed by atoms with E-state index in [-0.39, 0.29) is 5.41 Å². The number of pyridine rings is 1. The Morgan fingerprint density at radius 2 is 1.83 bits per heavy atom. The van der Waals surface area contributed by atoms with Gasteiger partial charge in [0.25, 0.3) is 0 Å². The summed E-state index contributed by atoms with van der Waals surface area (Å²) in [5.74, 6) is 0. The fourth-order valence-corrected chi connectivity index (χ4v) is 7.03. The smallest absolute Gasteiger partial charge is 0.216 e. The molecule has 180 valence electrons. The number of anilines is 1. The minimum absolute atomic E-state index is 0.236. The number of rotatable bonds is 4. The summed E-state index contributed by atoms with van der Waals surface area (Å²) in [4.78, 5) is 3.81. The van der Waals surface area contributed by atoms with E-state index in [4.69, 9.17) is 0 Å². The molecule has 5 rings (SSSR count). The first-order chi connectivity index (χ1) is 16.8. The number of para-hydroxylation sites is 1. The van der Waals surface area contributed by atoms with Crippen LogP contribution in [-0.2, 0) is 6.54 Å². The zero-order valence-corrected chi connectivity index (χ0v) is 22.8. The SMILES string of the molecule is CCN1C(=CC2=CC(=Cc3cc[n+](CC)c4c(C)cc(C)cc34)CC(C)(C)C2)Sc2ccccc21. The highest BCUT2D eigenvalue weighted by Gasteiger charge is 2.28. The van der Waals surface area contributed by atoms with Gasteiger partial charge in [0.15, 0.2) is 6.20 Å². The molecular formula is C32H37N2S+. The normalized spacial score (nSPS) is 19.5. The van der Waals surface area contributed by atoms with Gasteiger partial charge in [-0.2, -0.15) is 4.57 Å². The van der Waals surface area contributed by atoms with Crippen LogP contribution in [0, 0.1) is 19.3 Å². The van der Waals surface area contributed by atoms with Crippen molar-refractivity contribution in [2.45, 2.75) is 65.8 Å². The molecule has 0 amide bonds. The molecule has 1 aliphatic heterocycles. The van der Waals surface area contributed by atoms with E-state index >= 15 is 0 Å². The van der Waals surface area contributed by atoms with E-state index in [1.165, 1.54) is 54.4 Å². The number of aromatic nitrogens is 1. The van der Waals surface area contributed by atoms with E-state index in [2.05, 4.69) is 118 Å². The molecule has 3 heteroatoms. The van der Waals surface area contributed by atoms with E-state index in [0.29, 0.717) is 0 Å². The molecule has 2 aliphatic rings. The summed E-state index contributed by atoms with van der Waals surface area (Å²) < 4.78 is 2.37. The Balaban J connectivity index is 1.58. The van der Waals surface area contributed by atoms with Gasteiger partial charge in [-0.15, -0.1) is 0 Å². The van der Waals surface area contributed by atoms with Gasteiger partial charge in [-0.1, -0.05) is 49.9 Å². The van der Waals surface area contributed by atoms with Crippen LogP contribution in [0.15, 0.2) is 81.9 Å². The molecule has 0 atom stereocenters. The van der Waals surface area contributed by atoms with Gasteiger partial charge in [0.2, 0.25) is 5.52 Å². The molecule has 3 aromatic rings. The Morgan fingerprint density at radius 1 is 1.03 bits per heavy atom. The number of hydrogen-bond donors (Lipinski definition) is 0. The molecular weight excluding hydrogens is 444 g/mol. The lowest BCUT2D eigenvalue weighted by atomic mass is 9.75. The number of fused-ring (bicyclic) bond motifs is 2. The van der Waals surface area contributed by atoms with Gasteiger partial charge in [0, 0.05) is 23.1 Å². The fraction of sp³-hybridized carbons (Fsp3) is 0.344. The third-order valence-corrected chi connectivity index (χ3v) is 8.27. The van der Waals surface area contributed by atoms with Crippen molar-refractivity contribution in [2.24, 2.45) is 5.41 Å². The second-order valence-corrected chi connectivity index (χ2v) is 11.9. The second kappa shape index (κ2) is 9.35. The van der Waals surface area contributed by atoms with E-state index < -0.39 is 0 Å². The van der Waals surface area contributed by atoms with Crippen molar-refractivity contribution in [1.29, 1.82) is 0 Å². The zero-order chi connectivity index (χ0) is 24.7. The minimum Gasteiger partial charge on any atom is -0.335 e. The summed E-state index contributed by atoms with van der Waals surface area (Å²) in [5, 5.41) is 2.70. The zero-order valence-electron chi connectivity index (χ0n) is 22.0. The van der Waals surface area contributed by atoms with Crippen molar-refractivity contribution in [2.75, 3.05) is 11.4 Å². The molecule has 1 aliphatic carbocycles. The summed E-state index contributed by atoms with van der Waals surface area (Å²) >= 11 is 1.90. The third-order valence-electron chi connectivity index (χ3n) is 7.16. The maximum Gasteiger partial charge on any atom is 0.216 e. The quantitative estimate of drug-likeness (QED) is 0.346. The lowest BCUT2D eigenvalue weighted by molar-refractivity contribution is -0.668. The van der Waals surface area contributed by atoms with Gasteiger partial charge >= 0.3 is 0 Å². The van der Waals surface area contributed by atoms with Crippen molar-refractivity contribution < 1.29 is 4.57 Å². The summed E-state index contributed by atoms with van der Waals surface area (Å²) in [5.41, 5.74) is 9.78. The molecule has 0 saturated carbocycles. The van der Waals surface area contributed by atoms with Crippen LogP contribution in [0.1, 0.15) is 57.2 Å². The van der Waals surface area contributed by atoms with Crippen LogP contribution in [0.4, 0.5) is 5.69 Å². The van der Waals surface area contributed by atoms with Crippen LogP contribution in [0.25, 0.3) is 17.0 Å². The number of hydrogen-bond acceptors (Lipinski definition) is 2. The average molecular weight is 482 g/mol. The van der Waals surface area contributed by atoms with Crippen molar-refractivity contribution in [3.8, 4) is 0 Å². The highest BCUT2D eigenvalue weighted by atomic mass is 32.2. The van der Waals surface area contributed by atoms with Gasteiger partial charge in [0.05, 0.1) is 16.1 Å². The van der Waals surface area contributed by atoms with Gasteiger partial charge < -0.3 is 4.90 Å². The third kappa shape index (κ3) is 4.71. The van der Waals surface area contributed by atoms with Crippen LogP contribution in [0.3, 0.4) is 0 Å². The van der Waals surface area contributed by atoms with Crippen molar-refractivity contribution in [3.05, 3.63) is 93.7 Å². The van der Waals surface area contributed by atoms with Crippen molar-refractivity contribution in [3.63, 3.8) is 0 Å². The predicted octanol–water partition coefficient (Wildman–Crippen LogP) is 8.37. The highest BCUT2D eigenvalue weighted by molar-refractivity contribution is 8.03. The maximum atomic E-state index is 2.45. The fourth-order valence-electron chi connectivity index (χ4n) is 5.82. The van der Waals surface area contributed by atoms with Crippen molar-refractivity contribution >= 4 is 34.4 Å². The van der Waals surface area contributed by atoms with E-state index in [1.807, 2.05) is 11.8 Å². The largest absolute Gasteiger partial charge is 0.335 e. The molecule has 0 unspecified atom stereocenters. The molecule has 2 nitrogen and oxygen atoms in total. The molecule has 0 spiro atoms. The number of benzene rings is 2. The topological polar surface area (TPSA) is 7.12 Å². The molecule has 2 heterocycles. The summed E-state index contributed by atoms with van der Waals surface area (Å²) in [6.45, 7) is 15.7. The monoisotopic (exact) mass is 481 g/mol. The Bertz CT molecular complexity index is 1390. The Hall–Kier alpha value is -2.78. The lowest BCUT2D eigenvalue weighted by Gasteiger charge is -2.31. The Morgan fingerprint density at radius 3 is 2.60 bits per heavy atom. The summed E-state index contributed by atoms with van der Waals surface area (Å²) in [6, 6.07) is 15.7. The van der Waals surface area contributed by atoms with Crippen LogP contribution in [0.2, 0.25) is 0 Å². The van der Waals surface area contributed by atoms with Crippen LogP contribution in [-0.4, -0.2) is 6.54 Å². The van der Waals surface area contributed by atoms with Crippen molar-refractivity contribution in [1.82, 2.24) is 0 Å². The van der Waals surface area contributed by atoms with Gasteiger partial charge in [-0.3, -0.25) is 0 Å². The van der Waals surface area contributed by atoms with Crippen LogP contribution < -0.4 is 9.47 Å². The van der Waals surface area contributed by atoms with E-state index in [1.54, 1.807) is 0 Å². The maximum absolute atomic E-state index is 2.45. The van der Waals surface area contributed by atoms with Crippen LogP contribution in [0.5, 0.6) is 0 Å². The first kappa shape index (κ1) is 23.9.